The molecule has 1 atom stereocenters. The van der Waals surface area contributed by atoms with Gasteiger partial charge in [0.1, 0.15) is 0 Å². The molecule has 0 amide bonds. The van der Waals surface area contributed by atoms with Gasteiger partial charge in [0.2, 0.25) is 0 Å². The van der Waals surface area contributed by atoms with Crippen LogP contribution in [0.5, 0.6) is 0 Å². The van der Waals surface area contributed by atoms with Crippen LogP contribution in [0, 0.1) is 5.41 Å². The Morgan fingerprint density at radius 2 is 2.20 bits per heavy atom. The number of hydrogen-bond acceptors (Lipinski definition) is 2. The van der Waals surface area contributed by atoms with Crippen molar-refractivity contribution in [2.45, 2.75) is 45.1 Å². The smallest absolute Gasteiger partial charge is 0.0367 e. The van der Waals surface area contributed by atoms with Crippen molar-refractivity contribution in [3.05, 3.63) is 30.1 Å². The zero-order valence-corrected chi connectivity index (χ0v) is 9.45. The molecular formula is C13H20N2. The van der Waals surface area contributed by atoms with E-state index in [1.54, 1.807) is 0 Å². The van der Waals surface area contributed by atoms with Gasteiger partial charge >= 0.3 is 0 Å². The fraction of sp³-hybridized carbons (Fsp3) is 0.615. The Kier molecular flexibility index (Phi) is 3.06. The van der Waals surface area contributed by atoms with Gasteiger partial charge in [0, 0.05) is 18.4 Å². The maximum Gasteiger partial charge on any atom is 0.0367 e. The van der Waals surface area contributed by atoms with Crippen LogP contribution in [0.2, 0.25) is 0 Å². The number of hydrogen-bond donors (Lipinski definition) is 1. The van der Waals surface area contributed by atoms with E-state index in [9.17, 15) is 0 Å². The minimum Gasteiger partial charge on any atom is -0.323 e. The molecule has 2 heteroatoms. The standard InChI is InChI=1S/C13H20N2/c1-2-13(7-3-4-8-13)12(14)11-6-5-9-15-10-11/h5-6,9-10,12H,2-4,7-8,14H2,1H3. The number of aromatic nitrogens is 1. The average Bonchev–Trinajstić information content (AvgIpc) is 2.79. The second-order valence-corrected chi connectivity index (χ2v) is 4.69. The van der Waals surface area contributed by atoms with Gasteiger partial charge in [-0.05, 0) is 36.3 Å². The fourth-order valence-corrected chi connectivity index (χ4v) is 2.88. The van der Waals surface area contributed by atoms with Crippen molar-refractivity contribution in [3.8, 4) is 0 Å². The minimum absolute atomic E-state index is 0.165. The Balaban J connectivity index is 2.22. The second-order valence-electron chi connectivity index (χ2n) is 4.69. The Morgan fingerprint density at radius 3 is 2.73 bits per heavy atom. The van der Waals surface area contributed by atoms with E-state index in [1.807, 2.05) is 18.5 Å². The van der Waals surface area contributed by atoms with E-state index >= 15 is 0 Å². The highest BCUT2D eigenvalue weighted by Gasteiger charge is 2.38. The molecule has 1 aromatic heterocycles. The van der Waals surface area contributed by atoms with E-state index in [-0.39, 0.29) is 6.04 Å². The molecule has 1 aliphatic rings. The lowest BCUT2D eigenvalue weighted by Gasteiger charge is -2.34. The lowest BCUT2D eigenvalue weighted by molar-refractivity contribution is 0.222. The zero-order valence-electron chi connectivity index (χ0n) is 9.45. The van der Waals surface area contributed by atoms with Crippen molar-refractivity contribution >= 4 is 0 Å². The first kappa shape index (κ1) is 10.6. The molecule has 0 aliphatic heterocycles. The van der Waals surface area contributed by atoms with Crippen molar-refractivity contribution in [2.24, 2.45) is 11.1 Å². The van der Waals surface area contributed by atoms with Gasteiger partial charge < -0.3 is 5.73 Å². The van der Waals surface area contributed by atoms with E-state index in [0.29, 0.717) is 5.41 Å². The van der Waals surface area contributed by atoms with Crippen LogP contribution in [0.3, 0.4) is 0 Å². The number of rotatable bonds is 3. The third kappa shape index (κ3) is 1.91. The molecule has 0 spiro atoms. The summed E-state index contributed by atoms with van der Waals surface area (Å²) in [7, 11) is 0. The Morgan fingerprint density at radius 1 is 1.47 bits per heavy atom. The lowest BCUT2D eigenvalue weighted by atomic mass is 9.74. The zero-order chi connectivity index (χ0) is 10.7. The molecule has 1 unspecified atom stereocenters. The molecule has 1 aromatic rings. The molecule has 1 fully saturated rings. The number of nitrogens with two attached hydrogens (primary N) is 1. The van der Waals surface area contributed by atoms with E-state index in [2.05, 4.69) is 18.0 Å². The normalized spacial score (nSPS) is 21.5. The van der Waals surface area contributed by atoms with Gasteiger partial charge in [-0.25, -0.2) is 0 Å². The molecule has 2 nitrogen and oxygen atoms in total. The summed E-state index contributed by atoms with van der Waals surface area (Å²) in [5.41, 5.74) is 7.94. The van der Waals surface area contributed by atoms with Crippen LogP contribution in [0.15, 0.2) is 24.5 Å². The van der Waals surface area contributed by atoms with Crippen molar-refractivity contribution in [2.75, 3.05) is 0 Å². The summed E-state index contributed by atoms with van der Waals surface area (Å²) in [6.45, 7) is 2.27. The molecule has 15 heavy (non-hydrogen) atoms. The Labute approximate surface area is 91.9 Å². The molecule has 0 radical (unpaired) electrons. The summed E-state index contributed by atoms with van der Waals surface area (Å²) in [5.74, 6) is 0. The first-order valence-electron chi connectivity index (χ1n) is 5.94. The first-order chi connectivity index (χ1) is 7.28. The van der Waals surface area contributed by atoms with Crippen LogP contribution in [-0.2, 0) is 0 Å². The van der Waals surface area contributed by atoms with Gasteiger partial charge in [0.05, 0.1) is 0 Å². The summed E-state index contributed by atoms with van der Waals surface area (Å²) in [5, 5.41) is 0. The van der Waals surface area contributed by atoms with Crippen molar-refractivity contribution in [1.29, 1.82) is 0 Å². The average molecular weight is 204 g/mol. The third-order valence-electron chi connectivity index (χ3n) is 4.01. The van der Waals surface area contributed by atoms with Crippen LogP contribution in [-0.4, -0.2) is 4.98 Å². The molecule has 2 N–H and O–H groups in total. The Bertz CT molecular complexity index is 302. The van der Waals surface area contributed by atoms with Crippen LogP contribution in [0.1, 0.15) is 50.6 Å². The topological polar surface area (TPSA) is 38.9 Å². The van der Waals surface area contributed by atoms with E-state index in [0.717, 1.165) is 0 Å². The van der Waals surface area contributed by atoms with Crippen LogP contribution >= 0.6 is 0 Å². The monoisotopic (exact) mass is 204 g/mol. The van der Waals surface area contributed by atoms with Gasteiger partial charge in [-0.2, -0.15) is 0 Å². The van der Waals surface area contributed by atoms with E-state index in [4.69, 9.17) is 5.73 Å². The predicted octanol–water partition coefficient (Wildman–Crippen LogP) is 3.05. The molecule has 0 bridgehead atoms. The molecule has 0 aromatic carbocycles. The van der Waals surface area contributed by atoms with Gasteiger partial charge in [0.25, 0.3) is 0 Å². The lowest BCUT2D eigenvalue weighted by Crippen LogP contribution is -2.31. The highest BCUT2D eigenvalue weighted by atomic mass is 14.7. The highest BCUT2D eigenvalue weighted by Crippen LogP contribution is 2.48. The Hall–Kier alpha value is -0.890. The minimum atomic E-state index is 0.165. The number of nitrogens with zero attached hydrogens (tertiary/aromatic N) is 1. The fourth-order valence-electron chi connectivity index (χ4n) is 2.88. The van der Waals surface area contributed by atoms with Crippen molar-refractivity contribution < 1.29 is 0 Å². The molecule has 1 heterocycles. The maximum absolute atomic E-state index is 6.41. The van der Waals surface area contributed by atoms with Crippen LogP contribution in [0.25, 0.3) is 0 Å². The predicted molar refractivity (Wildman–Crippen MR) is 62.4 cm³/mol. The maximum atomic E-state index is 6.41. The summed E-state index contributed by atoms with van der Waals surface area (Å²) in [6.07, 6.45) is 10.1. The van der Waals surface area contributed by atoms with E-state index < -0.39 is 0 Å². The van der Waals surface area contributed by atoms with Crippen LogP contribution < -0.4 is 5.73 Å². The molecular weight excluding hydrogens is 184 g/mol. The van der Waals surface area contributed by atoms with Gasteiger partial charge in [0.15, 0.2) is 0 Å². The highest BCUT2D eigenvalue weighted by molar-refractivity contribution is 5.17. The quantitative estimate of drug-likeness (QED) is 0.821. The summed E-state index contributed by atoms with van der Waals surface area (Å²) >= 11 is 0. The molecule has 1 aliphatic carbocycles. The molecule has 82 valence electrons. The van der Waals surface area contributed by atoms with Gasteiger partial charge in [-0.3, -0.25) is 4.98 Å². The van der Waals surface area contributed by atoms with Crippen LogP contribution in [0.4, 0.5) is 0 Å². The molecule has 0 saturated heterocycles. The summed E-state index contributed by atoms with van der Waals surface area (Å²) < 4.78 is 0. The molecule has 1 saturated carbocycles. The molecule has 2 rings (SSSR count). The third-order valence-corrected chi connectivity index (χ3v) is 4.01. The summed E-state index contributed by atoms with van der Waals surface area (Å²) in [6, 6.07) is 4.25. The SMILES string of the molecule is CCC1(C(N)c2cccnc2)CCCC1. The number of pyridine rings is 1. The largest absolute Gasteiger partial charge is 0.323 e. The van der Waals surface area contributed by atoms with Crippen molar-refractivity contribution in [3.63, 3.8) is 0 Å². The summed E-state index contributed by atoms with van der Waals surface area (Å²) in [4.78, 5) is 4.16. The first-order valence-corrected chi connectivity index (χ1v) is 5.94. The van der Waals surface area contributed by atoms with Gasteiger partial charge in [-0.15, -0.1) is 0 Å². The van der Waals surface area contributed by atoms with Gasteiger partial charge in [-0.1, -0.05) is 25.8 Å². The second kappa shape index (κ2) is 4.31. The van der Waals surface area contributed by atoms with Crippen molar-refractivity contribution in [1.82, 2.24) is 4.98 Å². The van der Waals surface area contributed by atoms with E-state index in [1.165, 1.54) is 37.7 Å².